The summed E-state index contributed by atoms with van der Waals surface area (Å²) < 4.78 is 1.68. The average molecular weight is 353 g/mol. The van der Waals surface area contributed by atoms with Crippen molar-refractivity contribution in [1.82, 2.24) is 20.2 Å². The summed E-state index contributed by atoms with van der Waals surface area (Å²) in [4.78, 5) is 14.1. The van der Waals surface area contributed by atoms with Gasteiger partial charge in [-0.15, -0.1) is 5.10 Å². The second kappa shape index (κ2) is 7.48. The lowest BCUT2D eigenvalue weighted by Gasteiger charge is -2.16. The maximum atomic E-state index is 12.4. The second-order valence-electron chi connectivity index (χ2n) is 5.67. The van der Waals surface area contributed by atoms with Gasteiger partial charge in [0.1, 0.15) is 0 Å². The van der Waals surface area contributed by atoms with E-state index in [1.807, 2.05) is 62.4 Å². The predicted octanol–water partition coefficient (Wildman–Crippen LogP) is 3.03. The molecule has 0 saturated heterocycles. The van der Waals surface area contributed by atoms with Crippen LogP contribution < -0.4 is 4.90 Å². The van der Waals surface area contributed by atoms with Gasteiger partial charge < -0.3 is 4.90 Å². The monoisotopic (exact) mass is 353 g/mol. The van der Waals surface area contributed by atoms with Gasteiger partial charge in [-0.1, -0.05) is 42.1 Å². The summed E-state index contributed by atoms with van der Waals surface area (Å²) in [5.74, 6) is 0.253. The minimum atomic E-state index is -0.00767. The number of tetrazole rings is 1. The summed E-state index contributed by atoms with van der Waals surface area (Å²) in [6.07, 6.45) is 0. The number of aromatic nitrogens is 4. The number of rotatable bonds is 5. The van der Waals surface area contributed by atoms with Crippen LogP contribution >= 0.6 is 11.8 Å². The van der Waals surface area contributed by atoms with Gasteiger partial charge in [0.15, 0.2) is 0 Å². The van der Waals surface area contributed by atoms with Gasteiger partial charge in [0, 0.05) is 12.7 Å². The largest absolute Gasteiger partial charge is 0.315 e. The number of thioether (sulfide) groups is 1. The molecular formula is C18H19N5OS. The van der Waals surface area contributed by atoms with Crippen LogP contribution in [0.3, 0.4) is 0 Å². The molecule has 1 heterocycles. The highest BCUT2D eigenvalue weighted by atomic mass is 32.2. The fourth-order valence-electron chi connectivity index (χ4n) is 2.40. The first-order chi connectivity index (χ1) is 12.1. The fourth-order valence-corrected chi connectivity index (χ4v) is 3.20. The van der Waals surface area contributed by atoms with Crippen LogP contribution in [0.2, 0.25) is 0 Å². The van der Waals surface area contributed by atoms with Crippen molar-refractivity contribution in [2.75, 3.05) is 17.7 Å². The Morgan fingerprint density at radius 1 is 1.12 bits per heavy atom. The zero-order valence-electron chi connectivity index (χ0n) is 14.4. The van der Waals surface area contributed by atoms with Gasteiger partial charge in [-0.2, -0.15) is 4.68 Å². The van der Waals surface area contributed by atoms with Crippen LogP contribution in [-0.4, -0.2) is 38.9 Å². The minimum Gasteiger partial charge on any atom is -0.315 e. The molecule has 0 spiro atoms. The van der Waals surface area contributed by atoms with Gasteiger partial charge in [0.25, 0.3) is 0 Å². The molecule has 3 rings (SSSR count). The van der Waals surface area contributed by atoms with Crippen molar-refractivity contribution in [3.8, 4) is 5.69 Å². The van der Waals surface area contributed by atoms with Crippen LogP contribution in [0.25, 0.3) is 5.69 Å². The van der Waals surface area contributed by atoms with E-state index in [1.165, 1.54) is 17.3 Å². The van der Waals surface area contributed by atoms with Crippen molar-refractivity contribution in [1.29, 1.82) is 0 Å². The topological polar surface area (TPSA) is 63.9 Å². The van der Waals surface area contributed by atoms with E-state index in [0.29, 0.717) is 5.16 Å². The normalized spacial score (nSPS) is 10.7. The highest BCUT2D eigenvalue weighted by molar-refractivity contribution is 7.99. The van der Waals surface area contributed by atoms with E-state index in [-0.39, 0.29) is 11.7 Å². The molecule has 1 amide bonds. The predicted molar refractivity (Wildman–Crippen MR) is 99.2 cm³/mol. The molecule has 0 aliphatic heterocycles. The van der Waals surface area contributed by atoms with Crippen molar-refractivity contribution in [2.45, 2.75) is 19.0 Å². The van der Waals surface area contributed by atoms with Crippen molar-refractivity contribution in [2.24, 2.45) is 0 Å². The Balaban J connectivity index is 1.74. The third kappa shape index (κ3) is 3.71. The van der Waals surface area contributed by atoms with E-state index in [4.69, 9.17) is 0 Å². The summed E-state index contributed by atoms with van der Waals surface area (Å²) in [6.45, 7) is 4.09. The Hall–Kier alpha value is -2.67. The lowest BCUT2D eigenvalue weighted by Crippen LogP contribution is -2.27. The van der Waals surface area contributed by atoms with Crippen LogP contribution in [0.15, 0.2) is 53.7 Å². The fraction of sp³-hybridized carbons (Fsp3) is 0.222. The van der Waals surface area contributed by atoms with E-state index in [1.54, 1.807) is 16.6 Å². The average Bonchev–Trinajstić information content (AvgIpc) is 3.10. The molecule has 128 valence electrons. The van der Waals surface area contributed by atoms with E-state index in [2.05, 4.69) is 15.5 Å². The Morgan fingerprint density at radius 2 is 1.88 bits per heavy atom. The smallest absolute Gasteiger partial charge is 0.237 e. The number of anilines is 1. The van der Waals surface area contributed by atoms with Crippen LogP contribution in [0.1, 0.15) is 11.1 Å². The highest BCUT2D eigenvalue weighted by Crippen LogP contribution is 2.23. The standard InChI is InChI=1S/C18H19N5OS/c1-13-8-7-11-16(14(13)2)23-18(19-20-21-23)25-12-17(24)22(3)15-9-5-4-6-10-15/h4-11H,12H2,1-3H3. The summed E-state index contributed by atoms with van der Waals surface area (Å²) in [7, 11) is 1.77. The number of para-hydroxylation sites is 1. The molecule has 0 aliphatic rings. The third-order valence-electron chi connectivity index (χ3n) is 4.09. The Bertz CT molecular complexity index is 878. The lowest BCUT2D eigenvalue weighted by atomic mass is 10.1. The molecule has 0 aliphatic carbocycles. The van der Waals surface area contributed by atoms with Crippen LogP contribution in [0.4, 0.5) is 5.69 Å². The van der Waals surface area contributed by atoms with Gasteiger partial charge in [0.2, 0.25) is 11.1 Å². The summed E-state index contributed by atoms with van der Waals surface area (Å²) in [6, 6.07) is 15.6. The molecule has 0 radical (unpaired) electrons. The van der Waals surface area contributed by atoms with Crippen molar-refractivity contribution >= 4 is 23.4 Å². The molecule has 0 N–H and O–H groups in total. The zero-order valence-corrected chi connectivity index (χ0v) is 15.2. The number of carbonyl (C=O) groups is 1. The number of amides is 1. The number of hydrogen-bond donors (Lipinski definition) is 0. The number of hydrogen-bond acceptors (Lipinski definition) is 5. The summed E-state index contributed by atoms with van der Waals surface area (Å²) >= 11 is 1.33. The zero-order chi connectivity index (χ0) is 17.8. The number of carbonyl (C=O) groups excluding carboxylic acids is 1. The molecule has 6 nitrogen and oxygen atoms in total. The molecule has 3 aromatic rings. The van der Waals surface area contributed by atoms with Gasteiger partial charge in [-0.05, 0) is 53.6 Å². The van der Waals surface area contributed by atoms with Gasteiger partial charge in [-0.3, -0.25) is 4.79 Å². The van der Waals surface area contributed by atoms with E-state index in [9.17, 15) is 4.79 Å². The molecule has 0 unspecified atom stereocenters. The molecule has 7 heteroatoms. The molecule has 0 saturated carbocycles. The molecule has 25 heavy (non-hydrogen) atoms. The number of aryl methyl sites for hydroxylation is 1. The minimum absolute atomic E-state index is 0.00767. The first kappa shape index (κ1) is 17.2. The number of nitrogens with zero attached hydrogens (tertiary/aromatic N) is 5. The summed E-state index contributed by atoms with van der Waals surface area (Å²) in [5.41, 5.74) is 4.08. The SMILES string of the molecule is Cc1cccc(-n2nnnc2SCC(=O)N(C)c2ccccc2)c1C. The van der Waals surface area contributed by atoms with Crippen LogP contribution in [-0.2, 0) is 4.79 Å². The van der Waals surface area contributed by atoms with Crippen LogP contribution in [0, 0.1) is 13.8 Å². The first-order valence-electron chi connectivity index (χ1n) is 7.87. The maximum absolute atomic E-state index is 12.4. The van der Waals surface area contributed by atoms with Gasteiger partial charge in [0.05, 0.1) is 11.4 Å². The van der Waals surface area contributed by atoms with E-state index >= 15 is 0 Å². The van der Waals surface area contributed by atoms with Crippen LogP contribution in [0.5, 0.6) is 0 Å². The Kier molecular flexibility index (Phi) is 5.14. The number of benzene rings is 2. The second-order valence-corrected chi connectivity index (χ2v) is 6.61. The Labute approximate surface area is 150 Å². The first-order valence-corrected chi connectivity index (χ1v) is 8.86. The molecular weight excluding hydrogens is 334 g/mol. The van der Waals surface area contributed by atoms with E-state index in [0.717, 1.165) is 16.9 Å². The lowest BCUT2D eigenvalue weighted by molar-refractivity contribution is -0.115. The highest BCUT2D eigenvalue weighted by Gasteiger charge is 2.16. The van der Waals surface area contributed by atoms with Crippen molar-refractivity contribution in [3.05, 3.63) is 59.7 Å². The molecule has 0 fully saturated rings. The maximum Gasteiger partial charge on any atom is 0.237 e. The van der Waals surface area contributed by atoms with Crippen molar-refractivity contribution in [3.63, 3.8) is 0 Å². The quantitative estimate of drug-likeness (QED) is 0.660. The molecule has 2 aromatic carbocycles. The summed E-state index contributed by atoms with van der Waals surface area (Å²) in [5, 5.41) is 12.5. The third-order valence-corrected chi connectivity index (χ3v) is 4.99. The van der Waals surface area contributed by atoms with E-state index < -0.39 is 0 Å². The van der Waals surface area contributed by atoms with Crippen molar-refractivity contribution < 1.29 is 4.79 Å². The van der Waals surface area contributed by atoms with Gasteiger partial charge in [-0.25, -0.2) is 0 Å². The van der Waals surface area contributed by atoms with Gasteiger partial charge >= 0.3 is 0 Å². The molecule has 1 aromatic heterocycles. The molecule has 0 atom stereocenters. The Morgan fingerprint density at radius 3 is 2.64 bits per heavy atom. The molecule has 0 bridgehead atoms.